The number of nitrogens with one attached hydrogen (secondary N) is 1. The number of piperidine rings is 2. The summed E-state index contributed by atoms with van der Waals surface area (Å²) in [6, 6.07) is 5.45. The Morgan fingerprint density at radius 1 is 0.980 bits per heavy atom. The predicted octanol–water partition coefficient (Wildman–Crippen LogP) is 6.16. The predicted molar refractivity (Wildman–Crippen MR) is 191 cm³/mol. The molecule has 1 saturated carbocycles. The highest BCUT2D eigenvalue weighted by molar-refractivity contribution is 7.87. The molecule has 2 aromatic rings. The van der Waals surface area contributed by atoms with Crippen molar-refractivity contribution in [1.82, 2.24) is 23.4 Å². The van der Waals surface area contributed by atoms with Gasteiger partial charge in [0.15, 0.2) is 0 Å². The van der Waals surface area contributed by atoms with Crippen LogP contribution in [0.5, 0.6) is 0 Å². The largest absolute Gasteiger partial charge is 0.339 e. The molecule has 7 rings (SSSR count). The van der Waals surface area contributed by atoms with E-state index in [-0.39, 0.29) is 30.5 Å². The van der Waals surface area contributed by atoms with Gasteiger partial charge in [-0.15, -0.1) is 0 Å². The Labute approximate surface area is 293 Å². The zero-order valence-corrected chi connectivity index (χ0v) is 29.8. The molecule has 50 heavy (non-hydrogen) atoms. The van der Waals surface area contributed by atoms with Gasteiger partial charge in [-0.25, -0.2) is 13.5 Å². The van der Waals surface area contributed by atoms with Gasteiger partial charge in [0.2, 0.25) is 0 Å². The number of likely N-dealkylation sites (tertiary alicyclic amines) is 2. The number of nitrogens with zero attached hydrogens (tertiary/aromatic N) is 4. The fourth-order valence-electron chi connectivity index (χ4n) is 8.57. The Bertz CT molecular complexity index is 1910. The van der Waals surface area contributed by atoms with E-state index in [1.807, 2.05) is 34.1 Å². The summed E-state index contributed by atoms with van der Waals surface area (Å²) in [5.74, 6) is -3.12. The van der Waals surface area contributed by atoms with E-state index in [2.05, 4.69) is 21.4 Å². The first-order valence-corrected chi connectivity index (χ1v) is 19.4. The molecular weight excluding hydrogens is 661 g/mol. The lowest BCUT2D eigenvalue weighted by Gasteiger charge is -2.42. The lowest BCUT2D eigenvalue weighted by Crippen LogP contribution is -2.52. The Balaban J connectivity index is 1.27. The van der Waals surface area contributed by atoms with Crippen molar-refractivity contribution in [3.63, 3.8) is 0 Å². The van der Waals surface area contributed by atoms with E-state index in [1.165, 1.54) is 26.1 Å². The number of fused-ring (bicyclic) bond motifs is 4. The Morgan fingerprint density at radius 3 is 2.46 bits per heavy atom. The Morgan fingerprint density at radius 2 is 1.74 bits per heavy atom. The molecule has 3 fully saturated rings. The molecular formula is C38H47F2N5O4S. The van der Waals surface area contributed by atoms with E-state index in [9.17, 15) is 26.8 Å². The molecule has 0 radical (unpaired) electrons. The van der Waals surface area contributed by atoms with Gasteiger partial charge in [0.1, 0.15) is 0 Å². The van der Waals surface area contributed by atoms with E-state index in [4.69, 9.17) is 0 Å². The van der Waals surface area contributed by atoms with Crippen molar-refractivity contribution in [2.24, 2.45) is 0 Å². The van der Waals surface area contributed by atoms with E-state index in [1.54, 1.807) is 12.1 Å². The number of aromatic nitrogens is 1. The molecule has 1 aromatic carbocycles. The second-order valence-corrected chi connectivity index (χ2v) is 16.6. The molecule has 1 N–H and O–H groups in total. The quantitative estimate of drug-likeness (QED) is 0.389. The van der Waals surface area contributed by atoms with Gasteiger partial charge in [-0.05, 0) is 85.9 Å². The van der Waals surface area contributed by atoms with E-state index >= 15 is 0 Å². The van der Waals surface area contributed by atoms with Crippen molar-refractivity contribution in [3.05, 3.63) is 76.5 Å². The minimum absolute atomic E-state index is 0.0393. The number of alkyl halides is 2. The molecule has 4 heterocycles. The normalized spacial score (nSPS) is 22.3. The van der Waals surface area contributed by atoms with Crippen LogP contribution < -0.4 is 4.72 Å². The summed E-state index contributed by atoms with van der Waals surface area (Å²) >= 11 is 0. The summed E-state index contributed by atoms with van der Waals surface area (Å²) < 4.78 is 58.8. The summed E-state index contributed by atoms with van der Waals surface area (Å²) in [6.07, 6.45) is 18.3. The average molecular weight is 708 g/mol. The molecule has 2 amide bonds. The lowest BCUT2D eigenvalue weighted by atomic mass is 9.81. The number of allylic oxidation sites excluding steroid dienone is 7. The van der Waals surface area contributed by atoms with Crippen molar-refractivity contribution in [1.29, 1.82) is 0 Å². The Hall–Kier alpha value is -3.61. The van der Waals surface area contributed by atoms with Crippen LogP contribution in [0, 0.1) is 0 Å². The first-order chi connectivity index (χ1) is 23.9. The van der Waals surface area contributed by atoms with Crippen LogP contribution in [0.2, 0.25) is 0 Å². The summed E-state index contributed by atoms with van der Waals surface area (Å²) in [5.41, 5.74) is 6.08. The Kier molecular flexibility index (Phi) is 9.64. The molecule has 268 valence electrons. The van der Waals surface area contributed by atoms with Crippen LogP contribution in [-0.4, -0.2) is 91.1 Å². The molecule has 0 spiro atoms. The first kappa shape index (κ1) is 34.8. The molecule has 0 unspecified atom stereocenters. The third-order valence-electron chi connectivity index (χ3n) is 11.2. The van der Waals surface area contributed by atoms with Gasteiger partial charge in [0, 0.05) is 67.4 Å². The van der Waals surface area contributed by atoms with Gasteiger partial charge in [0.25, 0.3) is 17.7 Å². The summed E-state index contributed by atoms with van der Waals surface area (Å²) in [5, 5.41) is 1.02. The second kappa shape index (κ2) is 13.8. The lowest BCUT2D eigenvalue weighted by molar-refractivity contribution is -0.130. The molecule has 1 aromatic heterocycles. The van der Waals surface area contributed by atoms with Crippen molar-refractivity contribution < 1.29 is 26.8 Å². The maximum Gasteiger partial charge on any atom is 0.303 e. The van der Waals surface area contributed by atoms with E-state index in [0.29, 0.717) is 63.4 Å². The number of amides is 2. The molecule has 0 atom stereocenters. The van der Waals surface area contributed by atoms with Crippen LogP contribution in [0.3, 0.4) is 0 Å². The number of carbonyl (C=O) groups excluding carboxylic acids is 2. The SMILES string of the molecule is CN(C)S(=O)(=O)NC(=O)c1ccc2c(C3CCCCC3)c3n(c2c1)CC(C(=O)N1CCC(N2CCCC(F)(F)C2)CC1)=CC1=C3CC=CC=C1. The number of carbonyl (C=O) groups is 2. The average Bonchev–Trinajstić information content (AvgIpc) is 3.20. The summed E-state index contributed by atoms with van der Waals surface area (Å²) in [4.78, 5) is 31.5. The van der Waals surface area contributed by atoms with Gasteiger partial charge in [0.05, 0.1) is 13.1 Å². The number of halogens is 2. The van der Waals surface area contributed by atoms with Gasteiger partial charge in [-0.1, -0.05) is 49.6 Å². The zero-order chi connectivity index (χ0) is 35.2. The number of rotatable bonds is 6. The monoisotopic (exact) mass is 707 g/mol. The standard InChI is InChI=1S/C38H47F2N5O4S/c1-42(2)50(48,49)41-36(46)28-14-15-32-33(23-28)45-24-29(37(47)43-20-16-30(17-21-43)44-19-9-18-38(39,40)25-44)22-27-12-7-4-8-13-31(27)35(45)34(32)26-10-5-3-6-11-26/h4,7-8,12,14-15,22-23,26,30H,3,5-6,9-11,13,16-21,24-25H2,1-2H3,(H,41,46). The second-order valence-electron chi connectivity index (χ2n) is 14.7. The van der Waals surface area contributed by atoms with Gasteiger partial charge < -0.3 is 9.47 Å². The van der Waals surface area contributed by atoms with Crippen LogP contribution in [-0.2, 0) is 21.5 Å². The van der Waals surface area contributed by atoms with E-state index < -0.39 is 22.0 Å². The van der Waals surface area contributed by atoms with Crippen LogP contribution >= 0.6 is 0 Å². The highest BCUT2D eigenvalue weighted by atomic mass is 32.2. The van der Waals surface area contributed by atoms with Crippen LogP contribution in [0.4, 0.5) is 8.78 Å². The first-order valence-electron chi connectivity index (χ1n) is 18.0. The molecule has 3 aliphatic heterocycles. The summed E-state index contributed by atoms with van der Waals surface area (Å²) in [6.45, 7) is 1.76. The number of hydrogen-bond donors (Lipinski definition) is 1. The van der Waals surface area contributed by atoms with Gasteiger partial charge in [-0.2, -0.15) is 12.7 Å². The van der Waals surface area contributed by atoms with Gasteiger partial charge in [-0.3, -0.25) is 14.5 Å². The van der Waals surface area contributed by atoms with Gasteiger partial charge >= 0.3 is 10.2 Å². The van der Waals surface area contributed by atoms with E-state index in [0.717, 1.165) is 57.7 Å². The maximum atomic E-state index is 14.4. The zero-order valence-electron chi connectivity index (χ0n) is 29.0. The molecule has 12 heteroatoms. The van der Waals surface area contributed by atoms with Crippen molar-refractivity contribution >= 4 is 38.5 Å². The number of hydrogen-bond acceptors (Lipinski definition) is 5. The smallest absolute Gasteiger partial charge is 0.303 e. The van der Waals surface area contributed by atoms with Crippen molar-refractivity contribution in [3.8, 4) is 0 Å². The fraction of sp³-hybridized carbons (Fsp3) is 0.526. The third-order valence-corrected chi connectivity index (χ3v) is 12.6. The van der Waals surface area contributed by atoms with Crippen LogP contribution in [0.25, 0.3) is 16.5 Å². The molecule has 9 nitrogen and oxygen atoms in total. The molecule has 2 saturated heterocycles. The van der Waals surface area contributed by atoms with Crippen molar-refractivity contribution in [2.45, 2.75) is 88.6 Å². The number of benzene rings is 1. The van der Waals surface area contributed by atoms with Crippen LogP contribution in [0.15, 0.2) is 59.7 Å². The maximum absolute atomic E-state index is 14.4. The summed E-state index contributed by atoms with van der Waals surface area (Å²) in [7, 11) is -1.27. The highest BCUT2D eigenvalue weighted by Gasteiger charge is 2.39. The van der Waals surface area contributed by atoms with Crippen LogP contribution in [0.1, 0.15) is 91.7 Å². The topological polar surface area (TPSA) is 95.0 Å². The minimum atomic E-state index is -4.00. The molecule has 5 aliphatic rings. The van der Waals surface area contributed by atoms with Crippen molar-refractivity contribution in [2.75, 3.05) is 40.3 Å². The fourth-order valence-corrected chi connectivity index (χ4v) is 9.10. The molecule has 2 aliphatic carbocycles. The highest BCUT2D eigenvalue weighted by Crippen LogP contribution is 2.46. The molecule has 0 bridgehead atoms. The minimum Gasteiger partial charge on any atom is -0.339 e. The third kappa shape index (κ3) is 6.86.